The molecule has 0 amide bonds. The molecule has 0 saturated heterocycles. The summed E-state index contributed by atoms with van der Waals surface area (Å²) in [5.41, 5.74) is 6.26. The van der Waals surface area contributed by atoms with Crippen LogP contribution in [0.2, 0.25) is 0 Å². The summed E-state index contributed by atoms with van der Waals surface area (Å²) < 4.78 is 4.91. The van der Waals surface area contributed by atoms with Gasteiger partial charge in [0.15, 0.2) is 0 Å². The molecule has 0 spiro atoms. The summed E-state index contributed by atoms with van der Waals surface area (Å²) in [5, 5.41) is 19.1. The third kappa shape index (κ3) is 6.29. The second-order valence-corrected chi connectivity index (χ2v) is 14.1. The Morgan fingerprint density at radius 3 is 2.50 bits per heavy atom. The molecule has 5 N–H and O–H groups in total. The largest absolute Gasteiger partial charge is 0.469 e. The Labute approximate surface area is 233 Å². The number of nitrogens with two attached hydrogens (primary N) is 1. The molecule has 0 aromatic rings. The van der Waals surface area contributed by atoms with E-state index in [1.165, 1.54) is 64.9 Å². The Balaban J connectivity index is 1.31. The Morgan fingerprint density at radius 2 is 1.74 bits per heavy atom. The van der Waals surface area contributed by atoms with E-state index in [1.54, 1.807) is 0 Å². The van der Waals surface area contributed by atoms with Gasteiger partial charge in [0.2, 0.25) is 0 Å². The monoisotopic (exact) mass is 533 g/mol. The number of rotatable bonds is 13. The first-order valence-corrected chi connectivity index (χ1v) is 16.1. The molecule has 4 rings (SSSR count). The molecule has 220 valence electrons. The quantitative estimate of drug-likeness (QED) is 0.199. The molecule has 0 heterocycles. The second-order valence-electron chi connectivity index (χ2n) is 14.1. The molecule has 0 aliphatic heterocycles. The van der Waals surface area contributed by atoms with E-state index in [9.17, 15) is 9.90 Å². The van der Waals surface area contributed by atoms with Crippen LogP contribution < -0.4 is 16.4 Å². The second kappa shape index (κ2) is 13.3. The first-order valence-electron chi connectivity index (χ1n) is 16.1. The van der Waals surface area contributed by atoms with Gasteiger partial charge in [0.1, 0.15) is 0 Å². The van der Waals surface area contributed by atoms with Crippen molar-refractivity contribution in [3.05, 3.63) is 0 Å². The SMILES string of the molecule is COC(=O)CCC(C)[C@H]1CCC2C3C(O)C[C@@H]4C[C@H](NCCCNCCCCN)CC[C@]4(C)C3CC[C@@]21C. The molecule has 6 heteroatoms. The number of fused-ring (bicyclic) bond motifs is 5. The minimum Gasteiger partial charge on any atom is -0.469 e. The maximum absolute atomic E-state index is 11.8. The lowest BCUT2D eigenvalue weighted by Crippen LogP contribution is -2.59. The van der Waals surface area contributed by atoms with Gasteiger partial charge in [-0.2, -0.15) is 0 Å². The number of hydrogen-bond donors (Lipinski definition) is 4. The lowest BCUT2D eigenvalue weighted by atomic mass is 9.43. The van der Waals surface area contributed by atoms with Gasteiger partial charge in [-0.1, -0.05) is 20.8 Å². The first-order chi connectivity index (χ1) is 18.2. The minimum absolute atomic E-state index is 0.0815. The van der Waals surface area contributed by atoms with E-state index >= 15 is 0 Å². The Kier molecular flexibility index (Phi) is 10.6. The van der Waals surface area contributed by atoms with Crippen LogP contribution in [0.1, 0.15) is 104 Å². The van der Waals surface area contributed by atoms with Gasteiger partial charge in [0.05, 0.1) is 13.2 Å². The van der Waals surface area contributed by atoms with Gasteiger partial charge >= 0.3 is 5.97 Å². The number of hydrogen-bond acceptors (Lipinski definition) is 6. The first kappa shape index (κ1) is 30.3. The van der Waals surface area contributed by atoms with Gasteiger partial charge in [-0.15, -0.1) is 0 Å². The average Bonchev–Trinajstić information content (AvgIpc) is 3.26. The highest BCUT2D eigenvalue weighted by atomic mass is 16.5. The highest BCUT2D eigenvalue weighted by molar-refractivity contribution is 5.69. The minimum atomic E-state index is -0.150. The summed E-state index contributed by atoms with van der Waals surface area (Å²) in [6.07, 6.45) is 14.7. The molecule has 0 bridgehead atoms. The van der Waals surface area contributed by atoms with Gasteiger partial charge in [0.25, 0.3) is 0 Å². The molecular formula is C32H59N3O3. The normalized spacial score (nSPS) is 41.2. The Morgan fingerprint density at radius 1 is 1.00 bits per heavy atom. The van der Waals surface area contributed by atoms with Crippen molar-refractivity contribution in [3.8, 4) is 0 Å². The smallest absolute Gasteiger partial charge is 0.305 e. The van der Waals surface area contributed by atoms with Crippen LogP contribution in [0.25, 0.3) is 0 Å². The zero-order valence-electron chi connectivity index (χ0n) is 25.0. The topological polar surface area (TPSA) is 96.6 Å². The number of nitrogens with one attached hydrogen (secondary N) is 2. The van der Waals surface area contributed by atoms with E-state index in [1.807, 2.05) is 0 Å². The van der Waals surface area contributed by atoms with Crippen molar-refractivity contribution in [1.29, 1.82) is 0 Å². The standard InChI is InChI=1S/C32H59N3O3/c1-22(8-11-29(37)38-4)25-9-10-26-30-27(13-15-32(25,26)3)31(2)14-12-24(20-23(31)21-28(30)36)35-19-7-18-34-17-6-5-16-33/h22-28,30,34-36H,5-21,33H2,1-4H3/t22?,23-,24+,25+,26?,27?,28?,30?,31-,32+/m0/s1. The predicted molar refractivity (Wildman–Crippen MR) is 155 cm³/mol. The lowest BCUT2D eigenvalue weighted by Gasteiger charge is -2.62. The predicted octanol–water partition coefficient (Wildman–Crippen LogP) is 4.88. The van der Waals surface area contributed by atoms with Gasteiger partial charge < -0.3 is 26.2 Å². The van der Waals surface area contributed by atoms with Crippen LogP contribution in [0.4, 0.5) is 0 Å². The van der Waals surface area contributed by atoms with E-state index in [2.05, 4.69) is 31.4 Å². The molecule has 10 atom stereocenters. The number of carbonyl (C=O) groups is 1. The molecule has 4 fully saturated rings. The summed E-state index contributed by atoms with van der Waals surface area (Å²) in [4.78, 5) is 11.8. The van der Waals surface area contributed by atoms with Crippen LogP contribution in [0.5, 0.6) is 0 Å². The van der Waals surface area contributed by atoms with Crippen molar-refractivity contribution in [2.75, 3.05) is 33.3 Å². The Bertz CT molecular complexity index is 764. The van der Waals surface area contributed by atoms with Crippen LogP contribution in [0.15, 0.2) is 0 Å². The van der Waals surface area contributed by atoms with Crippen molar-refractivity contribution >= 4 is 5.97 Å². The molecule has 0 aromatic heterocycles. The zero-order valence-corrected chi connectivity index (χ0v) is 25.0. The summed E-state index contributed by atoms with van der Waals surface area (Å²) in [6, 6.07) is 0.606. The van der Waals surface area contributed by atoms with Crippen LogP contribution in [0.3, 0.4) is 0 Å². The highest BCUT2D eigenvalue weighted by Crippen LogP contribution is 2.68. The van der Waals surface area contributed by atoms with E-state index in [-0.39, 0.29) is 12.1 Å². The van der Waals surface area contributed by atoms with Crippen molar-refractivity contribution in [2.45, 2.75) is 116 Å². The highest BCUT2D eigenvalue weighted by Gasteiger charge is 2.62. The molecule has 4 saturated carbocycles. The molecule has 6 nitrogen and oxygen atoms in total. The van der Waals surface area contributed by atoms with Gasteiger partial charge in [-0.25, -0.2) is 0 Å². The van der Waals surface area contributed by atoms with Crippen molar-refractivity contribution in [3.63, 3.8) is 0 Å². The Hall–Kier alpha value is -0.690. The number of unbranched alkanes of at least 4 members (excludes halogenated alkanes) is 1. The molecule has 0 radical (unpaired) electrons. The van der Waals surface area contributed by atoms with Crippen LogP contribution in [-0.4, -0.2) is 56.5 Å². The fraction of sp³-hybridized carbons (Fsp3) is 0.969. The number of methoxy groups -OCH3 is 1. The fourth-order valence-electron chi connectivity index (χ4n) is 10.1. The summed E-state index contributed by atoms with van der Waals surface area (Å²) in [5.74, 6) is 3.51. The molecule has 38 heavy (non-hydrogen) atoms. The number of esters is 1. The van der Waals surface area contributed by atoms with E-state index in [0.29, 0.717) is 58.8 Å². The number of aliphatic hydroxyl groups is 1. The van der Waals surface area contributed by atoms with Crippen LogP contribution in [-0.2, 0) is 9.53 Å². The lowest BCUT2D eigenvalue weighted by molar-refractivity contribution is -0.167. The van der Waals surface area contributed by atoms with E-state index < -0.39 is 0 Å². The maximum Gasteiger partial charge on any atom is 0.305 e. The van der Waals surface area contributed by atoms with Gasteiger partial charge in [0, 0.05) is 12.5 Å². The van der Waals surface area contributed by atoms with Crippen LogP contribution in [0, 0.1) is 46.3 Å². The number of ether oxygens (including phenoxy) is 1. The van der Waals surface area contributed by atoms with Crippen molar-refractivity contribution < 1.29 is 14.6 Å². The molecule has 5 unspecified atom stereocenters. The molecular weight excluding hydrogens is 474 g/mol. The van der Waals surface area contributed by atoms with Gasteiger partial charge in [-0.3, -0.25) is 4.79 Å². The van der Waals surface area contributed by atoms with E-state index in [0.717, 1.165) is 45.4 Å². The molecule has 0 aromatic carbocycles. The maximum atomic E-state index is 11.8. The zero-order chi connectivity index (χ0) is 27.3. The third-order valence-electron chi connectivity index (χ3n) is 12.2. The van der Waals surface area contributed by atoms with Crippen LogP contribution >= 0.6 is 0 Å². The number of aliphatic hydroxyl groups excluding tert-OH is 1. The average molecular weight is 534 g/mol. The summed E-state index contributed by atoms with van der Waals surface area (Å²) in [7, 11) is 1.49. The molecule has 4 aliphatic rings. The summed E-state index contributed by atoms with van der Waals surface area (Å²) in [6.45, 7) is 11.5. The van der Waals surface area contributed by atoms with Crippen molar-refractivity contribution in [1.82, 2.24) is 10.6 Å². The van der Waals surface area contributed by atoms with Gasteiger partial charge in [-0.05, 0) is 150 Å². The van der Waals surface area contributed by atoms with Crippen molar-refractivity contribution in [2.24, 2.45) is 52.1 Å². The van der Waals surface area contributed by atoms with E-state index in [4.69, 9.17) is 10.5 Å². The third-order valence-corrected chi connectivity index (χ3v) is 12.2. The molecule has 4 aliphatic carbocycles. The fourth-order valence-corrected chi connectivity index (χ4v) is 10.1. The number of carbonyl (C=O) groups excluding carboxylic acids is 1. The summed E-state index contributed by atoms with van der Waals surface area (Å²) >= 11 is 0.